The van der Waals surface area contributed by atoms with Crippen LogP contribution in [0.3, 0.4) is 0 Å². The number of piperidine rings is 1. The Kier molecular flexibility index (Phi) is 4.51. The van der Waals surface area contributed by atoms with Crippen molar-refractivity contribution >= 4 is 17.5 Å². The number of carbonyl (C=O) groups is 1. The van der Waals surface area contributed by atoms with Gasteiger partial charge in [-0.05, 0) is 37.1 Å². The highest BCUT2D eigenvalue weighted by Gasteiger charge is 2.21. The molecule has 3 rings (SSSR count). The molecule has 0 aromatic heterocycles. The number of hydrogen-bond acceptors (Lipinski definition) is 4. The van der Waals surface area contributed by atoms with Crippen molar-refractivity contribution in [2.45, 2.75) is 31.8 Å². The summed E-state index contributed by atoms with van der Waals surface area (Å²) >= 11 is 6.18. The highest BCUT2D eigenvalue weighted by atomic mass is 35.5. The fraction of sp³-hybridized carbons (Fsp3) is 0.533. The lowest BCUT2D eigenvalue weighted by Gasteiger charge is -2.23. The maximum absolute atomic E-state index is 12.1. The number of carbonyl (C=O) groups excluding carboxylic acids is 1. The molecule has 2 aliphatic heterocycles. The van der Waals surface area contributed by atoms with Gasteiger partial charge in [-0.1, -0.05) is 18.0 Å². The van der Waals surface area contributed by atoms with Gasteiger partial charge >= 0.3 is 0 Å². The maximum atomic E-state index is 12.1. The number of ether oxygens (including phenoxy) is 2. The summed E-state index contributed by atoms with van der Waals surface area (Å²) in [5, 5.41) is 6.70. The largest absolute Gasteiger partial charge is 0.486 e. The number of hydrogen-bond donors (Lipinski definition) is 2. The number of amides is 1. The molecular formula is C15H19ClN2O3. The van der Waals surface area contributed by atoms with E-state index in [0.29, 0.717) is 36.3 Å². The van der Waals surface area contributed by atoms with Crippen LogP contribution >= 0.6 is 11.6 Å². The van der Waals surface area contributed by atoms with E-state index in [4.69, 9.17) is 21.1 Å². The normalized spacial score (nSPS) is 20.9. The number of fused-ring (bicyclic) bond motifs is 1. The van der Waals surface area contributed by atoms with E-state index in [1.54, 1.807) is 0 Å². The summed E-state index contributed by atoms with van der Waals surface area (Å²) in [5.41, 5.74) is 0.911. The summed E-state index contributed by atoms with van der Waals surface area (Å²) in [5.74, 6) is 1.28. The van der Waals surface area contributed by atoms with Gasteiger partial charge in [0.15, 0.2) is 11.5 Å². The van der Waals surface area contributed by atoms with E-state index in [0.717, 1.165) is 31.4 Å². The zero-order chi connectivity index (χ0) is 14.7. The molecule has 0 spiro atoms. The average molecular weight is 311 g/mol. The molecule has 1 aromatic carbocycles. The van der Waals surface area contributed by atoms with E-state index in [-0.39, 0.29) is 11.9 Å². The molecule has 1 aromatic rings. The average Bonchev–Trinajstić information content (AvgIpc) is 2.53. The van der Waals surface area contributed by atoms with Crippen LogP contribution in [0.15, 0.2) is 12.1 Å². The molecule has 0 saturated carbocycles. The summed E-state index contributed by atoms with van der Waals surface area (Å²) in [6.07, 6.45) is 3.14. The first-order valence-corrected chi connectivity index (χ1v) is 7.71. The standard InChI is InChI=1S/C15H19ClN2O3/c16-11-7-10(8-13-14(11)21-6-5-20-13)9-18-15(19)12-3-1-2-4-17-12/h7-8,12,17H,1-6,9H2,(H,18,19). The minimum atomic E-state index is -0.0774. The van der Waals surface area contributed by atoms with Crippen molar-refractivity contribution in [1.29, 1.82) is 0 Å². The third-order valence-corrected chi connectivity index (χ3v) is 4.03. The third kappa shape index (κ3) is 3.41. The van der Waals surface area contributed by atoms with Gasteiger partial charge in [0.2, 0.25) is 5.91 Å². The highest BCUT2D eigenvalue weighted by molar-refractivity contribution is 6.32. The van der Waals surface area contributed by atoms with E-state index in [2.05, 4.69) is 10.6 Å². The molecule has 2 heterocycles. The Labute approximate surface area is 128 Å². The van der Waals surface area contributed by atoms with E-state index < -0.39 is 0 Å². The van der Waals surface area contributed by atoms with Gasteiger partial charge in [0.1, 0.15) is 13.2 Å². The van der Waals surface area contributed by atoms with Gasteiger partial charge in [-0.2, -0.15) is 0 Å². The van der Waals surface area contributed by atoms with Crippen LogP contribution in [-0.4, -0.2) is 31.7 Å². The van der Waals surface area contributed by atoms with Crippen molar-refractivity contribution in [3.8, 4) is 11.5 Å². The van der Waals surface area contributed by atoms with Crippen LogP contribution in [0.2, 0.25) is 5.02 Å². The lowest BCUT2D eigenvalue weighted by atomic mass is 10.0. The van der Waals surface area contributed by atoms with Crippen LogP contribution in [0.25, 0.3) is 0 Å². The minimum Gasteiger partial charge on any atom is -0.486 e. The van der Waals surface area contributed by atoms with Crippen LogP contribution < -0.4 is 20.1 Å². The maximum Gasteiger partial charge on any atom is 0.237 e. The first kappa shape index (κ1) is 14.5. The molecule has 1 saturated heterocycles. The Morgan fingerprint density at radius 2 is 2.19 bits per heavy atom. The van der Waals surface area contributed by atoms with Crippen molar-refractivity contribution in [3.63, 3.8) is 0 Å². The number of benzene rings is 1. The fourth-order valence-corrected chi connectivity index (χ4v) is 2.94. The zero-order valence-electron chi connectivity index (χ0n) is 11.8. The van der Waals surface area contributed by atoms with Crippen molar-refractivity contribution < 1.29 is 14.3 Å². The smallest absolute Gasteiger partial charge is 0.237 e. The van der Waals surface area contributed by atoms with E-state index in [1.165, 1.54) is 0 Å². The topological polar surface area (TPSA) is 59.6 Å². The molecule has 1 fully saturated rings. The lowest BCUT2D eigenvalue weighted by Crippen LogP contribution is -2.46. The molecule has 1 unspecified atom stereocenters. The quantitative estimate of drug-likeness (QED) is 0.895. The van der Waals surface area contributed by atoms with E-state index >= 15 is 0 Å². The van der Waals surface area contributed by atoms with Gasteiger partial charge in [-0.25, -0.2) is 0 Å². The van der Waals surface area contributed by atoms with Gasteiger partial charge in [0.05, 0.1) is 11.1 Å². The van der Waals surface area contributed by atoms with Crippen molar-refractivity contribution in [3.05, 3.63) is 22.7 Å². The second-order valence-electron chi connectivity index (χ2n) is 5.32. The molecule has 1 amide bonds. The Morgan fingerprint density at radius 3 is 3.00 bits per heavy atom. The molecule has 2 N–H and O–H groups in total. The summed E-state index contributed by atoms with van der Waals surface area (Å²) < 4.78 is 11.0. The molecule has 0 bridgehead atoms. The first-order valence-electron chi connectivity index (χ1n) is 7.33. The molecule has 114 valence electrons. The molecular weight excluding hydrogens is 292 g/mol. The van der Waals surface area contributed by atoms with Crippen molar-refractivity contribution in [2.24, 2.45) is 0 Å². The minimum absolute atomic E-state index is 0.0423. The molecule has 5 nitrogen and oxygen atoms in total. The van der Waals surface area contributed by atoms with Crippen LogP contribution in [-0.2, 0) is 11.3 Å². The SMILES string of the molecule is O=C(NCc1cc(Cl)c2c(c1)OCCO2)C1CCCCN1. The van der Waals surface area contributed by atoms with Crippen molar-refractivity contribution in [1.82, 2.24) is 10.6 Å². The Bertz CT molecular complexity index is 530. The Hall–Kier alpha value is -1.46. The number of rotatable bonds is 3. The molecule has 0 radical (unpaired) electrons. The molecule has 0 aliphatic carbocycles. The molecule has 6 heteroatoms. The van der Waals surface area contributed by atoms with Gasteiger partial charge < -0.3 is 20.1 Å². The van der Waals surface area contributed by atoms with Gasteiger partial charge in [0, 0.05) is 6.54 Å². The lowest BCUT2D eigenvalue weighted by molar-refractivity contribution is -0.123. The van der Waals surface area contributed by atoms with Crippen LogP contribution in [0.1, 0.15) is 24.8 Å². The molecule has 2 aliphatic rings. The fourth-order valence-electron chi connectivity index (χ4n) is 2.65. The Balaban J connectivity index is 1.62. The predicted octanol–water partition coefficient (Wildman–Crippen LogP) is 1.87. The number of nitrogens with one attached hydrogen (secondary N) is 2. The van der Waals surface area contributed by atoms with Crippen LogP contribution in [0.5, 0.6) is 11.5 Å². The van der Waals surface area contributed by atoms with Gasteiger partial charge in [-0.15, -0.1) is 0 Å². The summed E-state index contributed by atoms with van der Waals surface area (Å²) in [6.45, 7) is 2.38. The third-order valence-electron chi connectivity index (χ3n) is 3.75. The Morgan fingerprint density at radius 1 is 1.33 bits per heavy atom. The second kappa shape index (κ2) is 6.54. The summed E-state index contributed by atoms with van der Waals surface area (Å²) in [4.78, 5) is 12.1. The molecule has 21 heavy (non-hydrogen) atoms. The van der Waals surface area contributed by atoms with E-state index in [1.807, 2.05) is 12.1 Å². The zero-order valence-corrected chi connectivity index (χ0v) is 12.5. The second-order valence-corrected chi connectivity index (χ2v) is 5.73. The summed E-state index contributed by atoms with van der Waals surface area (Å²) in [7, 11) is 0. The van der Waals surface area contributed by atoms with Crippen LogP contribution in [0, 0.1) is 0 Å². The number of halogens is 1. The highest BCUT2D eigenvalue weighted by Crippen LogP contribution is 2.38. The van der Waals surface area contributed by atoms with Gasteiger partial charge in [0.25, 0.3) is 0 Å². The van der Waals surface area contributed by atoms with Crippen LogP contribution in [0.4, 0.5) is 0 Å². The summed E-state index contributed by atoms with van der Waals surface area (Å²) in [6, 6.07) is 3.60. The van der Waals surface area contributed by atoms with Gasteiger partial charge in [-0.3, -0.25) is 4.79 Å². The van der Waals surface area contributed by atoms with Crippen molar-refractivity contribution in [2.75, 3.05) is 19.8 Å². The first-order chi connectivity index (χ1) is 10.2. The molecule has 1 atom stereocenters. The predicted molar refractivity (Wildman–Crippen MR) is 79.9 cm³/mol. The monoisotopic (exact) mass is 310 g/mol. The van der Waals surface area contributed by atoms with E-state index in [9.17, 15) is 4.79 Å².